The second kappa shape index (κ2) is 10.2. The fraction of sp³-hybridized carbons (Fsp3) is 0.321. The molecule has 1 saturated heterocycles. The minimum atomic E-state index is -0.605. The lowest BCUT2D eigenvalue weighted by Crippen LogP contribution is -2.36. The number of likely N-dealkylation sites (tertiary alicyclic amines) is 1. The molecule has 0 radical (unpaired) electrons. The van der Waals surface area contributed by atoms with Gasteiger partial charge in [0.2, 0.25) is 11.8 Å². The SMILES string of the molecule is Cc1ccc(Oc2cccc(NC(=O)[C@@H]3CN(C(=O)OC(C)(C)C)C[C@H]3c3ccccc3)c2)nc1. The normalized spacial score (nSPS) is 17.7. The van der Waals surface area contributed by atoms with Crippen LogP contribution in [0.2, 0.25) is 0 Å². The zero-order valence-electron chi connectivity index (χ0n) is 20.5. The van der Waals surface area contributed by atoms with Crippen molar-refractivity contribution in [1.29, 1.82) is 0 Å². The fourth-order valence-electron chi connectivity index (χ4n) is 4.09. The van der Waals surface area contributed by atoms with Crippen LogP contribution in [-0.4, -0.2) is 40.6 Å². The molecule has 7 heteroatoms. The molecule has 4 rings (SSSR count). The quantitative estimate of drug-likeness (QED) is 0.509. The molecule has 2 atom stereocenters. The first-order valence-corrected chi connectivity index (χ1v) is 11.7. The number of hydrogen-bond donors (Lipinski definition) is 1. The largest absolute Gasteiger partial charge is 0.444 e. The molecular weight excluding hydrogens is 442 g/mol. The fourth-order valence-corrected chi connectivity index (χ4v) is 4.09. The third-order valence-electron chi connectivity index (χ3n) is 5.74. The van der Waals surface area contributed by atoms with Gasteiger partial charge in [-0.15, -0.1) is 0 Å². The van der Waals surface area contributed by atoms with Gasteiger partial charge in [-0.05, 0) is 51.0 Å². The summed E-state index contributed by atoms with van der Waals surface area (Å²) in [6.07, 6.45) is 1.33. The predicted molar refractivity (Wildman–Crippen MR) is 135 cm³/mol. The molecule has 1 aromatic heterocycles. The van der Waals surface area contributed by atoms with Crippen LogP contribution in [0.25, 0.3) is 0 Å². The lowest BCUT2D eigenvalue weighted by molar-refractivity contribution is -0.119. The molecule has 1 aliphatic rings. The van der Waals surface area contributed by atoms with Gasteiger partial charge in [-0.2, -0.15) is 0 Å². The molecule has 0 bridgehead atoms. The van der Waals surface area contributed by atoms with E-state index in [1.807, 2.05) is 82.3 Å². The Morgan fingerprint density at radius 1 is 1.00 bits per heavy atom. The van der Waals surface area contributed by atoms with Crippen molar-refractivity contribution >= 4 is 17.7 Å². The summed E-state index contributed by atoms with van der Waals surface area (Å²) in [5.41, 5.74) is 2.07. The maximum atomic E-state index is 13.4. The molecule has 0 unspecified atom stereocenters. The number of aryl methyl sites for hydroxylation is 1. The minimum absolute atomic E-state index is 0.139. The Balaban J connectivity index is 1.50. The molecule has 0 saturated carbocycles. The van der Waals surface area contributed by atoms with Crippen LogP contribution in [0.3, 0.4) is 0 Å². The number of carbonyl (C=O) groups is 2. The summed E-state index contributed by atoms with van der Waals surface area (Å²) < 4.78 is 11.4. The number of benzene rings is 2. The molecule has 0 spiro atoms. The van der Waals surface area contributed by atoms with E-state index in [0.29, 0.717) is 23.9 Å². The van der Waals surface area contributed by atoms with Crippen LogP contribution in [0.5, 0.6) is 11.6 Å². The van der Waals surface area contributed by atoms with E-state index in [4.69, 9.17) is 9.47 Å². The highest BCUT2D eigenvalue weighted by atomic mass is 16.6. The average molecular weight is 474 g/mol. The van der Waals surface area contributed by atoms with Gasteiger partial charge in [0.25, 0.3) is 0 Å². The number of amides is 2. The van der Waals surface area contributed by atoms with Crippen LogP contribution in [0.4, 0.5) is 10.5 Å². The van der Waals surface area contributed by atoms with Gasteiger partial charge < -0.3 is 19.7 Å². The first-order chi connectivity index (χ1) is 16.7. The molecule has 1 aliphatic heterocycles. The molecule has 1 N–H and O–H groups in total. The Labute approximate surface area is 206 Å². The van der Waals surface area contributed by atoms with Gasteiger partial charge in [0.05, 0.1) is 5.92 Å². The Hall–Kier alpha value is -3.87. The second-order valence-electron chi connectivity index (χ2n) is 9.80. The Morgan fingerprint density at radius 2 is 1.77 bits per heavy atom. The highest BCUT2D eigenvalue weighted by Gasteiger charge is 2.41. The van der Waals surface area contributed by atoms with E-state index in [2.05, 4.69) is 10.3 Å². The summed E-state index contributed by atoms with van der Waals surface area (Å²) in [6, 6.07) is 20.7. The maximum absolute atomic E-state index is 13.4. The van der Waals surface area contributed by atoms with E-state index < -0.39 is 17.6 Å². The van der Waals surface area contributed by atoms with Gasteiger partial charge in [-0.25, -0.2) is 9.78 Å². The monoisotopic (exact) mass is 473 g/mol. The van der Waals surface area contributed by atoms with Crippen molar-refractivity contribution in [2.75, 3.05) is 18.4 Å². The van der Waals surface area contributed by atoms with Crippen LogP contribution in [0.15, 0.2) is 72.9 Å². The number of carbonyl (C=O) groups excluding carboxylic acids is 2. The number of ether oxygens (including phenoxy) is 2. The van der Waals surface area contributed by atoms with Gasteiger partial charge in [0, 0.05) is 43.0 Å². The molecule has 3 aromatic rings. The van der Waals surface area contributed by atoms with Gasteiger partial charge >= 0.3 is 6.09 Å². The predicted octanol–water partition coefficient (Wildman–Crippen LogP) is 5.77. The van der Waals surface area contributed by atoms with Crippen molar-refractivity contribution in [2.24, 2.45) is 5.92 Å². The molecule has 182 valence electrons. The topological polar surface area (TPSA) is 80.8 Å². The van der Waals surface area contributed by atoms with Crippen LogP contribution in [0.1, 0.15) is 37.8 Å². The second-order valence-corrected chi connectivity index (χ2v) is 9.80. The standard InChI is InChI=1S/C28H31N3O4/c1-19-13-14-25(29-16-19)34-22-12-8-11-21(15-22)30-26(32)24-18-31(27(33)35-28(2,3)4)17-23(24)20-9-6-5-7-10-20/h5-16,23-24H,17-18H2,1-4H3,(H,30,32)/t23-,24+/m0/s1. The van der Waals surface area contributed by atoms with E-state index in [0.717, 1.165) is 11.1 Å². The summed E-state index contributed by atoms with van der Waals surface area (Å²) in [7, 11) is 0. The molecule has 2 heterocycles. The van der Waals surface area contributed by atoms with Crippen molar-refractivity contribution in [3.05, 3.63) is 84.1 Å². The van der Waals surface area contributed by atoms with Crippen molar-refractivity contribution in [3.8, 4) is 11.6 Å². The average Bonchev–Trinajstić information content (AvgIpc) is 3.26. The summed E-state index contributed by atoms with van der Waals surface area (Å²) >= 11 is 0. The summed E-state index contributed by atoms with van der Waals surface area (Å²) in [5, 5.41) is 3.01. The van der Waals surface area contributed by atoms with E-state index in [9.17, 15) is 9.59 Å². The zero-order valence-corrected chi connectivity index (χ0v) is 20.5. The van der Waals surface area contributed by atoms with Crippen molar-refractivity contribution in [2.45, 2.75) is 39.2 Å². The van der Waals surface area contributed by atoms with Gasteiger partial charge in [-0.1, -0.05) is 42.5 Å². The minimum Gasteiger partial charge on any atom is -0.444 e. The number of anilines is 1. The van der Waals surface area contributed by atoms with Crippen LogP contribution in [-0.2, 0) is 9.53 Å². The van der Waals surface area contributed by atoms with E-state index in [-0.39, 0.29) is 18.4 Å². The first-order valence-electron chi connectivity index (χ1n) is 11.7. The number of rotatable bonds is 5. The third-order valence-corrected chi connectivity index (χ3v) is 5.74. The first kappa shape index (κ1) is 24.3. The van der Waals surface area contributed by atoms with Crippen molar-refractivity contribution in [3.63, 3.8) is 0 Å². The highest BCUT2D eigenvalue weighted by molar-refractivity contribution is 5.94. The Bertz CT molecular complexity index is 1170. The number of hydrogen-bond acceptors (Lipinski definition) is 5. The van der Waals surface area contributed by atoms with Gasteiger partial charge in [-0.3, -0.25) is 4.79 Å². The van der Waals surface area contributed by atoms with E-state index >= 15 is 0 Å². The number of aromatic nitrogens is 1. The van der Waals surface area contributed by atoms with E-state index in [1.165, 1.54) is 0 Å². The summed E-state index contributed by atoms with van der Waals surface area (Å²) in [6.45, 7) is 8.16. The molecule has 2 aromatic carbocycles. The molecule has 0 aliphatic carbocycles. The van der Waals surface area contributed by atoms with Crippen molar-refractivity contribution < 1.29 is 19.1 Å². The highest BCUT2D eigenvalue weighted by Crippen LogP contribution is 2.35. The molecule has 2 amide bonds. The van der Waals surface area contributed by atoms with Crippen LogP contribution in [0, 0.1) is 12.8 Å². The summed E-state index contributed by atoms with van der Waals surface area (Å²) in [5.74, 6) is 0.330. The molecule has 7 nitrogen and oxygen atoms in total. The van der Waals surface area contributed by atoms with Crippen molar-refractivity contribution in [1.82, 2.24) is 9.88 Å². The van der Waals surface area contributed by atoms with Gasteiger partial charge in [0.15, 0.2) is 0 Å². The third kappa shape index (κ3) is 6.38. The maximum Gasteiger partial charge on any atom is 0.410 e. The molecular formula is C28H31N3O4. The zero-order chi connectivity index (χ0) is 25.0. The number of pyridine rings is 1. The lowest BCUT2D eigenvalue weighted by Gasteiger charge is -2.24. The van der Waals surface area contributed by atoms with Crippen LogP contribution >= 0.6 is 0 Å². The van der Waals surface area contributed by atoms with Gasteiger partial charge in [0.1, 0.15) is 11.4 Å². The summed E-state index contributed by atoms with van der Waals surface area (Å²) in [4.78, 5) is 32.1. The molecule has 1 fully saturated rings. The smallest absolute Gasteiger partial charge is 0.410 e. The lowest BCUT2D eigenvalue weighted by atomic mass is 9.88. The number of nitrogens with zero attached hydrogens (tertiary/aromatic N) is 2. The molecule has 35 heavy (non-hydrogen) atoms. The van der Waals surface area contributed by atoms with E-state index in [1.54, 1.807) is 23.2 Å². The Kier molecular flexibility index (Phi) is 7.05. The number of nitrogens with one attached hydrogen (secondary N) is 1. The Morgan fingerprint density at radius 3 is 2.46 bits per heavy atom. The van der Waals surface area contributed by atoms with Crippen LogP contribution < -0.4 is 10.1 Å².